The summed E-state index contributed by atoms with van der Waals surface area (Å²) in [6.45, 7) is 0.0706. The summed E-state index contributed by atoms with van der Waals surface area (Å²) < 4.78 is 26.5. The quantitative estimate of drug-likeness (QED) is 0.624. The summed E-state index contributed by atoms with van der Waals surface area (Å²) in [6, 6.07) is 3.30. The Kier molecular flexibility index (Phi) is 4.74. The SMILES string of the molecule is NC(=S)c1ccc(S(=O)(=O)NCCC(=O)NC2CC2)s1. The number of carbonyl (C=O) groups excluding carboxylic acids is 1. The molecule has 0 spiro atoms. The zero-order chi connectivity index (χ0) is 14.8. The summed E-state index contributed by atoms with van der Waals surface area (Å²) in [6.07, 6.45) is 2.14. The van der Waals surface area contributed by atoms with Crippen molar-refractivity contribution in [3.05, 3.63) is 17.0 Å². The van der Waals surface area contributed by atoms with Crippen LogP contribution in [0.3, 0.4) is 0 Å². The van der Waals surface area contributed by atoms with Gasteiger partial charge in [-0.1, -0.05) is 12.2 Å². The second-order valence-corrected chi connectivity index (χ2v) is 7.99. The van der Waals surface area contributed by atoms with Crippen molar-refractivity contribution in [1.29, 1.82) is 0 Å². The van der Waals surface area contributed by atoms with Gasteiger partial charge in [0.05, 0.1) is 4.88 Å². The molecule has 1 amide bonds. The molecule has 1 aromatic rings. The Morgan fingerprint density at radius 1 is 1.45 bits per heavy atom. The number of rotatable bonds is 7. The average Bonchev–Trinajstić information content (AvgIpc) is 3.01. The maximum Gasteiger partial charge on any atom is 0.250 e. The third-order valence-electron chi connectivity index (χ3n) is 2.68. The number of thiocarbonyl (C=S) groups is 1. The Labute approximate surface area is 126 Å². The fourth-order valence-corrected chi connectivity index (χ4v) is 3.92. The molecule has 9 heteroatoms. The largest absolute Gasteiger partial charge is 0.389 e. The summed E-state index contributed by atoms with van der Waals surface area (Å²) >= 11 is 5.80. The van der Waals surface area contributed by atoms with Crippen LogP contribution in [0, 0.1) is 0 Å². The number of nitrogens with two attached hydrogens (primary N) is 1. The molecule has 110 valence electrons. The molecule has 0 atom stereocenters. The van der Waals surface area contributed by atoms with Gasteiger partial charge in [0.1, 0.15) is 9.20 Å². The smallest absolute Gasteiger partial charge is 0.250 e. The average molecular weight is 333 g/mol. The van der Waals surface area contributed by atoms with Crippen LogP contribution in [0.2, 0.25) is 0 Å². The lowest BCUT2D eigenvalue weighted by Crippen LogP contribution is -2.31. The van der Waals surface area contributed by atoms with E-state index in [9.17, 15) is 13.2 Å². The van der Waals surface area contributed by atoms with Gasteiger partial charge in [0, 0.05) is 19.0 Å². The van der Waals surface area contributed by atoms with E-state index in [1.54, 1.807) is 6.07 Å². The predicted molar refractivity (Wildman–Crippen MR) is 81.2 cm³/mol. The predicted octanol–water partition coefficient (Wildman–Crippen LogP) is 0.329. The van der Waals surface area contributed by atoms with Gasteiger partial charge in [0.25, 0.3) is 0 Å². The van der Waals surface area contributed by atoms with Gasteiger partial charge in [-0.2, -0.15) is 0 Å². The lowest BCUT2D eigenvalue weighted by molar-refractivity contribution is -0.121. The first kappa shape index (κ1) is 15.4. The number of thiophene rings is 1. The highest BCUT2D eigenvalue weighted by molar-refractivity contribution is 7.91. The van der Waals surface area contributed by atoms with Crippen LogP contribution in [0.4, 0.5) is 0 Å². The van der Waals surface area contributed by atoms with E-state index in [0.29, 0.717) is 4.88 Å². The number of sulfonamides is 1. The minimum Gasteiger partial charge on any atom is -0.389 e. The zero-order valence-electron chi connectivity index (χ0n) is 10.6. The molecular weight excluding hydrogens is 318 g/mol. The first-order chi connectivity index (χ1) is 9.38. The number of hydrogen-bond acceptors (Lipinski definition) is 5. The monoisotopic (exact) mass is 333 g/mol. The lowest BCUT2D eigenvalue weighted by Gasteiger charge is -2.05. The second kappa shape index (κ2) is 6.17. The van der Waals surface area contributed by atoms with Crippen molar-refractivity contribution in [3.8, 4) is 0 Å². The van der Waals surface area contributed by atoms with Crippen LogP contribution in [0.5, 0.6) is 0 Å². The molecule has 1 aromatic heterocycles. The normalized spacial score (nSPS) is 15.0. The summed E-state index contributed by atoms with van der Waals surface area (Å²) in [4.78, 5) is 12.1. The van der Waals surface area contributed by atoms with E-state index in [-0.39, 0.29) is 34.1 Å². The molecule has 0 bridgehead atoms. The second-order valence-electron chi connectivity index (χ2n) is 4.47. The van der Waals surface area contributed by atoms with Gasteiger partial charge in [0.15, 0.2) is 0 Å². The Bertz CT molecular complexity index is 620. The van der Waals surface area contributed by atoms with Gasteiger partial charge in [0.2, 0.25) is 15.9 Å². The molecular formula is C11H15N3O3S3. The fourth-order valence-electron chi connectivity index (χ4n) is 1.49. The van der Waals surface area contributed by atoms with Crippen LogP contribution in [-0.4, -0.2) is 31.9 Å². The van der Waals surface area contributed by atoms with E-state index >= 15 is 0 Å². The van der Waals surface area contributed by atoms with Crippen molar-refractivity contribution in [2.45, 2.75) is 29.5 Å². The van der Waals surface area contributed by atoms with E-state index in [1.807, 2.05) is 0 Å². The van der Waals surface area contributed by atoms with E-state index < -0.39 is 10.0 Å². The van der Waals surface area contributed by atoms with Gasteiger partial charge in [-0.15, -0.1) is 11.3 Å². The molecule has 4 N–H and O–H groups in total. The zero-order valence-corrected chi connectivity index (χ0v) is 13.0. The van der Waals surface area contributed by atoms with E-state index in [4.69, 9.17) is 18.0 Å². The van der Waals surface area contributed by atoms with Gasteiger partial charge < -0.3 is 11.1 Å². The Hall–Kier alpha value is -1.03. The van der Waals surface area contributed by atoms with Crippen LogP contribution in [0.1, 0.15) is 24.1 Å². The van der Waals surface area contributed by atoms with Crippen LogP contribution in [0.25, 0.3) is 0 Å². The Morgan fingerprint density at radius 3 is 2.70 bits per heavy atom. The van der Waals surface area contributed by atoms with Crippen LogP contribution in [-0.2, 0) is 14.8 Å². The summed E-state index contributed by atoms with van der Waals surface area (Å²) in [5.41, 5.74) is 5.44. The molecule has 6 nitrogen and oxygen atoms in total. The number of amides is 1. The standard InChI is InChI=1S/C11H15N3O3S3/c12-11(18)8-3-4-10(19-8)20(16,17)13-6-5-9(15)14-7-1-2-7/h3-4,7,13H,1-2,5-6H2,(H2,12,18)(H,14,15). The molecule has 1 fully saturated rings. The fraction of sp³-hybridized carbons (Fsp3) is 0.455. The van der Waals surface area contributed by atoms with Crippen LogP contribution < -0.4 is 15.8 Å². The van der Waals surface area contributed by atoms with Crippen LogP contribution >= 0.6 is 23.6 Å². The molecule has 0 unspecified atom stereocenters. The summed E-state index contributed by atoms with van der Waals surface area (Å²) in [7, 11) is -3.61. The maximum absolute atomic E-state index is 12.0. The van der Waals surface area contributed by atoms with Crippen molar-refractivity contribution in [1.82, 2.24) is 10.0 Å². The van der Waals surface area contributed by atoms with Gasteiger partial charge >= 0.3 is 0 Å². The van der Waals surface area contributed by atoms with Crippen molar-refractivity contribution in [2.75, 3.05) is 6.54 Å². The summed E-state index contributed by atoms with van der Waals surface area (Å²) in [5, 5.41) is 2.79. The molecule has 1 aliphatic rings. The molecule has 0 aliphatic heterocycles. The first-order valence-corrected chi connectivity index (χ1v) is 8.78. The first-order valence-electron chi connectivity index (χ1n) is 6.07. The topological polar surface area (TPSA) is 101 Å². The van der Waals surface area contributed by atoms with E-state index in [0.717, 1.165) is 24.2 Å². The van der Waals surface area contributed by atoms with Crippen molar-refractivity contribution >= 4 is 44.5 Å². The number of nitrogens with one attached hydrogen (secondary N) is 2. The van der Waals surface area contributed by atoms with Crippen LogP contribution in [0.15, 0.2) is 16.3 Å². The maximum atomic E-state index is 12.0. The van der Waals surface area contributed by atoms with Crippen molar-refractivity contribution in [3.63, 3.8) is 0 Å². The highest BCUT2D eigenvalue weighted by Gasteiger charge is 2.23. The highest BCUT2D eigenvalue weighted by atomic mass is 32.2. The molecule has 2 rings (SSSR count). The Balaban J connectivity index is 1.86. The molecule has 1 saturated carbocycles. The molecule has 0 radical (unpaired) electrons. The number of carbonyl (C=O) groups is 1. The summed E-state index contributed by atoms with van der Waals surface area (Å²) in [5.74, 6) is -0.134. The third kappa shape index (κ3) is 4.23. The van der Waals surface area contributed by atoms with E-state index in [1.165, 1.54) is 6.07 Å². The van der Waals surface area contributed by atoms with Gasteiger partial charge in [-0.3, -0.25) is 4.79 Å². The minimum atomic E-state index is -3.61. The van der Waals surface area contributed by atoms with Gasteiger partial charge in [-0.25, -0.2) is 13.1 Å². The van der Waals surface area contributed by atoms with Gasteiger partial charge in [-0.05, 0) is 25.0 Å². The molecule has 1 aliphatic carbocycles. The molecule has 20 heavy (non-hydrogen) atoms. The molecule has 0 saturated heterocycles. The molecule has 0 aromatic carbocycles. The number of hydrogen-bond donors (Lipinski definition) is 3. The highest BCUT2D eigenvalue weighted by Crippen LogP contribution is 2.21. The van der Waals surface area contributed by atoms with E-state index in [2.05, 4.69) is 10.0 Å². The Morgan fingerprint density at radius 2 is 2.15 bits per heavy atom. The minimum absolute atomic E-state index is 0.0706. The lowest BCUT2D eigenvalue weighted by atomic mass is 10.4. The molecule has 1 heterocycles. The third-order valence-corrected chi connectivity index (χ3v) is 6.10. The van der Waals surface area contributed by atoms with Crippen molar-refractivity contribution in [2.24, 2.45) is 5.73 Å². The van der Waals surface area contributed by atoms with Crippen molar-refractivity contribution < 1.29 is 13.2 Å².